The Morgan fingerprint density at radius 3 is 3.15 bits per heavy atom. The van der Waals surface area contributed by atoms with Gasteiger partial charge in [-0.05, 0) is 12.1 Å². The standard InChI is InChI=1S/C9H14N4/c1-2-8(6-10-3-1)13-9-7-11-4-5-12-9/h1-3,6,9,11-13H,4-5,7H2. The highest BCUT2D eigenvalue weighted by Gasteiger charge is 2.10. The minimum Gasteiger partial charge on any atom is -0.367 e. The van der Waals surface area contributed by atoms with Crippen LogP contribution in [0.4, 0.5) is 5.69 Å². The zero-order valence-electron chi connectivity index (χ0n) is 7.46. The summed E-state index contributed by atoms with van der Waals surface area (Å²) in [5.74, 6) is 0. The molecule has 1 saturated heterocycles. The van der Waals surface area contributed by atoms with Crippen LogP contribution in [0.15, 0.2) is 24.5 Å². The first-order valence-electron chi connectivity index (χ1n) is 4.56. The van der Waals surface area contributed by atoms with Crippen molar-refractivity contribution in [1.82, 2.24) is 15.6 Å². The summed E-state index contributed by atoms with van der Waals surface area (Å²) < 4.78 is 0. The lowest BCUT2D eigenvalue weighted by atomic mass is 10.3. The lowest BCUT2D eigenvalue weighted by molar-refractivity contribution is 0.450. The van der Waals surface area contributed by atoms with Crippen LogP contribution in [0.5, 0.6) is 0 Å². The fraction of sp³-hybridized carbons (Fsp3) is 0.444. The molecule has 0 spiro atoms. The topological polar surface area (TPSA) is 49.0 Å². The number of aromatic nitrogens is 1. The van der Waals surface area contributed by atoms with Gasteiger partial charge in [0.25, 0.3) is 0 Å². The van der Waals surface area contributed by atoms with Gasteiger partial charge >= 0.3 is 0 Å². The summed E-state index contributed by atoms with van der Waals surface area (Å²) in [5, 5.41) is 10.0. The van der Waals surface area contributed by atoms with E-state index in [1.165, 1.54) is 0 Å². The van der Waals surface area contributed by atoms with Crippen LogP contribution in [0.1, 0.15) is 0 Å². The van der Waals surface area contributed by atoms with Crippen LogP contribution in [-0.4, -0.2) is 30.8 Å². The SMILES string of the molecule is c1cncc(NC2CNCCN2)c1. The smallest absolute Gasteiger partial charge is 0.0896 e. The number of hydrogen-bond acceptors (Lipinski definition) is 4. The van der Waals surface area contributed by atoms with Crippen LogP contribution in [0.2, 0.25) is 0 Å². The summed E-state index contributed by atoms with van der Waals surface area (Å²) >= 11 is 0. The van der Waals surface area contributed by atoms with Crippen molar-refractivity contribution >= 4 is 5.69 Å². The molecule has 1 aliphatic rings. The fourth-order valence-corrected chi connectivity index (χ4v) is 1.40. The first-order valence-corrected chi connectivity index (χ1v) is 4.56. The quantitative estimate of drug-likeness (QED) is 0.597. The van der Waals surface area contributed by atoms with Gasteiger partial charge in [0.15, 0.2) is 0 Å². The Balaban J connectivity index is 1.90. The maximum absolute atomic E-state index is 4.04. The molecule has 1 aromatic rings. The van der Waals surface area contributed by atoms with E-state index >= 15 is 0 Å². The maximum Gasteiger partial charge on any atom is 0.0896 e. The molecule has 0 aliphatic carbocycles. The maximum atomic E-state index is 4.04. The van der Waals surface area contributed by atoms with E-state index in [0.717, 1.165) is 25.3 Å². The van der Waals surface area contributed by atoms with Crippen LogP contribution in [0.3, 0.4) is 0 Å². The van der Waals surface area contributed by atoms with Gasteiger partial charge in [-0.3, -0.25) is 10.3 Å². The fourth-order valence-electron chi connectivity index (χ4n) is 1.40. The number of nitrogens with one attached hydrogen (secondary N) is 3. The lowest BCUT2D eigenvalue weighted by Gasteiger charge is -2.26. The second-order valence-electron chi connectivity index (χ2n) is 3.10. The van der Waals surface area contributed by atoms with Gasteiger partial charge in [0.05, 0.1) is 11.9 Å². The highest BCUT2D eigenvalue weighted by molar-refractivity contribution is 5.40. The van der Waals surface area contributed by atoms with E-state index < -0.39 is 0 Å². The molecule has 1 aliphatic heterocycles. The minimum atomic E-state index is 0.318. The minimum absolute atomic E-state index is 0.318. The van der Waals surface area contributed by atoms with E-state index in [2.05, 4.69) is 20.9 Å². The van der Waals surface area contributed by atoms with E-state index in [9.17, 15) is 0 Å². The molecule has 0 amide bonds. The van der Waals surface area contributed by atoms with E-state index in [4.69, 9.17) is 0 Å². The first kappa shape index (κ1) is 8.47. The summed E-state index contributed by atoms with van der Waals surface area (Å²) in [6.45, 7) is 3.01. The van der Waals surface area contributed by atoms with Gasteiger partial charge in [0.2, 0.25) is 0 Å². The molecule has 1 unspecified atom stereocenters. The van der Waals surface area contributed by atoms with Gasteiger partial charge in [-0.15, -0.1) is 0 Å². The first-order chi connectivity index (χ1) is 6.45. The molecule has 0 radical (unpaired) electrons. The molecule has 4 heteroatoms. The normalized spacial score (nSPS) is 22.6. The molecule has 0 aromatic carbocycles. The molecule has 1 fully saturated rings. The third-order valence-corrected chi connectivity index (χ3v) is 2.04. The van der Waals surface area contributed by atoms with Crippen LogP contribution in [0, 0.1) is 0 Å². The van der Waals surface area contributed by atoms with E-state index in [1.54, 1.807) is 6.20 Å². The Kier molecular flexibility index (Phi) is 2.74. The number of anilines is 1. The molecule has 0 saturated carbocycles. The molecular formula is C9H14N4. The molecule has 3 N–H and O–H groups in total. The Bertz CT molecular complexity index is 243. The number of nitrogens with zero attached hydrogens (tertiary/aromatic N) is 1. The third kappa shape index (κ3) is 2.40. The summed E-state index contributed by atoms with van der Waals surface area (Å²) in [6, 6.07) is 3.95. The number of hydrogen-bond donors (Lipinski definition) is 3. The van der Waals surface area contributed by atoms with Gasteiger partial charge in [-0.1, -0.05) is 0 Å². The largest absolute Gasteiger partial charge is 0.367 e. The number of rotatable bonds is 2. The van der Waals surface area contributed by atoms with E-state index in [0.29, 0.717) is 6.17 Å². The van der Waals surface area contributed by atoms with Gasteiger partial charge < -0.3 is 10.6 Å². The average molecular weight is 178 g/mol. The second-order valence-corrected chi connectivity index (χ2v) is 3.10. The van der Waals surface area contributed by atoms with Crippen molar-refractivity contribution in [3.63, 3.8) is 0 Å². The molecule has 4 nitrogen and oxygen atoms in total. The van der Waals surface area contributed by atoms with Crippen LogP contribution < -0.4 is 16.0 Å². The molecule has 2 heterocycles. The third-order valence-electron chi connectivity index (χ3n) is 2.04. The molecular weight excluding hydrogens is 164 g/mol. The summed E-state index contributed by atoms with van der Waals surface area (Å²) in [6.07, 6.45) is 3.92. The Labute approximate surface area is 77.8 Å². The Hall–Kier alpha value is -1.13. The number of pyridine rings is 1. The van der Waals surface area contributed by atoms with Gasteiger partial charge in [-0.25, -0.2) is 0 Å². The molecule has 1 atom stereocenters. The summed E-state index contributed by atoms with van der Waals surface area (Å²) in [5.41, 5.74) is 1.06. The van der Waals surface area contributed by atoms with Crippen molar-refractivity contribution in [2.75, 3.05) is 25.0 Å². The highest BCUT2D eigenvalue weighted by atomic mass is 15.2. The van der Waals surface area contributed by atoms with E-state index in [-0.39, 0.29) is 0 Å². The second kappa shape index (κ2) is 4.20. The molecule has 70 valence electrons. The van der Waals surface area contributed by atoms with Gasteiger partial charge in [0, 0.05) is 32.0 Å². The van der Waals surface area contributed by atoms with Crippen molar-refractivity contribution in [3.05, 3.63) is 24.5 Å². The predicted molar refractivity (Wildman–Crippen MR) is 52.5 cm³/mol. The van der Waals surface area contributed by atoms with Gasteiger partial charge in [0.1, 0.15) is 0 Å². The van der Waals surface area contributed by atoms with Crippen LogP contribution >= 0.6 is 0 Å². The molecule has 2 rings (SSSR count). The zero-order chi connectivity index (χ0) is 8.93. The van der Waals surface area contributed by atoms with Gasteiger partial charge in [-0.2, -0.15) is 0 Å². The average Bonchev–Trinajstić information content (AvgIpc) is 2.21. The van der Waals surface area contributed by atoms with Crippen molar-refractivity contribution < 1.29 is 0 Å². The lowest BCUT2D eigenvalue weighted by Crippen LogP contribution is -2.52. The Morgan fingerprint density at radius 1 is 1.46 bits per heavy atom. The van der Waals surface area contributed by atoms with Crippen LogP contribution in [-0.2, 0) is 0 Å². The highest BCUT2D eigenvalue weighted by Crippen LogP contribution is 2.03. The van der Waals surface area contributed by atoms with Crippen LogP contribution in [0.25, 0.3) is 0 Å². The van der Waals surface area contributed by atoms with E-state index in [1.807, 2.05) is 18.3 Å². The predicted octanol–water partition coefficient (Wildman–Crippen LogP) is 0.0124. The molecule has 13 heavy (non-hydrogen) atoms. The summed E-state index contributed by atoms with van der Waals surface area (Å²) in [4.78, 5) is 4.04. The number of piperazine rings is 1. The monoisotopic (exact) mass is 178 g/mol. The van der Waals surface area contributed by atoms with Crippen molar-refractivity contribution in [3.8, 4) is 0 Å². The summed E-state index contributed by atoms with van der Waals surface area (Å²) in [7, 11) is 0. The Morgan fingerprint density at radius 2 is 2.46 bits per heavy atom. The van der Waals surface area contributed by atoms with Crippen molar-refractivity contribution in [1.29, 1.82) is 0 Å². The molecule has 0 bridgehead atoms. The zero-order valence-corrected chi connectivity index (χ0v) is 7.46. The van der Waals surface area contributed by atoms with Crippen molar-refractivity contribution in [2.45, 2.75) is 6.17 Å². The van der Waals surface area contributed by atoms with Crippen molar-refractivity contribution in [2.24, 2.45) is 0 Å². The molecule has 1 aromatic heterocycles.